The van der Waals surface area contributed by atoms with Crippen LogP contribution in [0.1, 0.15) is 54.9 Å². The molecule has 1 aliphatic carbocycles. The summed E-state index contributed by atoms with van der Waals surface area (Å²) in [7, 11) is 0. The fraction of sp³-hybridized carbons (Fsp3) is 0.500. The van der Waals surface area contributed by atoms with Crippen LogP contribution in [0.15, 0.2) is 30.3 Å². The van der Waals surface area contributed by atoms with Crippen LogP contribution in [-0.4, -0.2) is 45.6 Å². The van der Waals surface area contributed by atoms with Gasteiger partial charge in [-0.1, -0.05) is 32.0 Å². The van der Waals surface area contributed by atoms with Crippen molar-refractivity contribution in [1.29, 1.82) is 0 Å². The number of carbonyl (C=O) groups is 2. The van der Waals surface area contributed by atoms with Crippen LogP contribution in [0.25, 0.3) is 5.69 Å². The Hall–Kier alpha value is -2.63. The predicted octanol–water partition coefficient (Wildman–Crippen LogP) is 2.74. The number of amides is 2. The molecule has 0 bridgehead atoms. The molecule has 0 spiro atoms. The van der Waals surface area contributed by atoms with Gasteiger partial charge in [-0.3, -0.25) is 9.59 Å². The molecular weight excluding hydrogens is 352 g/mol. The molecule has 2 aromatic rings. The molecular formula is C22H28N4O2. The van der Waals surface area contributed by atoms with Gasteiger partial charge in [0.15, 0.2) is 5.69 Å². The van der Waals surface area contributed by atoms with Crippen molar-refractivity contribution >= 4 is 11.8 Å². The quantitative estimate of drug-likeness (QED) is 0.887. The molecule has 1 atom stereocenters. The van der Waals surface area contributed by atoms with Crippen LogP contribution < -0.4 is 5.32 Å². The van der Waals surface area contributed by atoms with Crippen molar-refractivity contribution in [2.24, 2.45) is 5.92 Å². The van der Waals surface area contributed by atoms with Gasteiger partial charge < -0.3 is 10.2 Å². The zero-order valence-electron chi connectivity index (χ0n) is 16.6. The van der Waals surface area contributed by atoms with E-state index in [0.29, 0.717) is 12.2 Å². The number of hydrogen-bond acceptors (Lipinski definition) is 3. The monoisotopic (exact) mass is 380 g/mol. The minimum Gasteiger partial charge on any atom is -0.351 e. The first-order chi connectivity index (χ1) is 13.5. The molecule has 1 aromatic carbocycles. The Morgan fingerprint density at radius 3 is 2.68 bits per heavy atom. The van der Waals surface area contributed by atoms with E-state index in [1.165, 1.54) is 0 Å². The van der Waals surface area contributed by atoms with Crippen LogP contribution in [-0.2, 0) is 17.6 Å². The van der Waals surface area contributed by atoms with Crippen LogP contribution in [0, 0.1) is 5.92 Å². The molecule has 1 fully saturated rings. The van der Waals surface area contributed by atoms with Gasteiger partial charge in [-0.05, 0) is 44.2 Å². The number of para-hydroxylation sites is 1. The Labute approximate surface area is 165 Å². The van der Waals surface area contributed by atoms with Crippen molar-refractivity contribution in [3.63, 3.8) is 0 Å². The van der Waals surface area contributed by atoms with Crippen LogP contribution in [0.2, 0.25) is 0 Å². The third-order valence-corrected chi connectivity index (χ3v) is 5.71. The Balaban J connectivity index is 1.56. The molecule has 1 N–H and O–H groups in total. The average molecular weight is 380 g/mol. The molecule has 28 heavy (non-hydrogen) atoms. The van der Waals surface area contributed by atoms with E-state index in [0.717, 1.165) is 55.6 Å². The average Bonchev–Trinajstić information content (AvgIpc) is 3.31. The Morgan fingerprint density at radius 1 is 1.14 bits per heavy atom. The maximum atomic E-state index is 13.3. The first kappa shape index (κ1) is 18.7. The Bertz CT molecular complexity index is 872. The van der Waals surface area contributed by atoms with Crippen molar-refractivity contribution in [3.8, 4) is 5.69 Å². The van der Waals surface area contributed by atoms with E-state index in [-0.39, 0.29) is 23.8 Å². The number of nitrogens with zero attached hydrogens (tertiary/aromatic N) is 3. The second kappa shape index (κ2) is 7.78. The number of carbonyl (C=O) groups excluding carboxylic acids is 2. The Morgan fingerprint density at radius 2 is 1.93 bits per heavy atom. The maximum absolute atomic E-state index is 13.3. The van der Waals surface area contributed by atoms with E-state index < -0.39 is 0 Å². The molecule has 1 aliphatic heterocycles. The van der Waals surface area contributed by atoms with Gasteiger partial charge in [-0.2, -0.15) is 5.10 Å². The summed E-state index contributed by atoms with van der Waals surface area (Å²) in [5, 5.41) is 7.81. The number of rotatable bonds is 4. The molecule has 2 amide bonds. The summed E-state index contributed by atoms with van der Waals surface area (Å²) in [5.41, 5.74) is 3.85. The van der Waals surface area contributed by atoms with E-state index in [9.17, 15) is 9.59 Å². The molecule has 2 aliphatic rings. The van der Waals surface area contributed by atoms with Gasteiger partial charge in [0.05, 0.1) is 5.69 Å². The summed E-state index contributed by atoms with van der Waals surface area (Å²) >= 11 is 0. The lowest BCUT2D eigenvalue weighted by Crippen LogP contribution is -2.50. The van der Waals surface area contributed by atoms with Crippen LogP contribution in [0.4, 0.5) is 0 Å². The molecule has 6 heteroatoms. The first-order valence-electron chi connectivity index (χ1n) is 10.3. The summed E-state index contributed by atoms with van der Waals surface area (Å²) in [6, 6.07) is 10.0. The summed E-state index contributed by atoms with van der Waals surface area (Å²) in [5.74, 6) is 0.000733. The summed E-state index contributed by atoms with van der Waals surface area (Å²) < 4.78 is 1.94. The second-order valence-corrected chi connectivity index (χ2v) is 8.13. The van der Waals surface area contributed by atoms with Gasteiger partial charge in [-0.15, -0.1) is 0 Å². The molecule has 148 valence electrons. The summed E-state index contributed by atoms with van der Waals surface area (Å²) in [4.78, 5) is 27.2. The molecule has 6 nitrogen and oxygen atoms in total. The molecule has 0 radical (unpaired) electrons. The highest BCUT2D eigenvalue weighted by molar-refractivity contribution is 5.94. The van der Waals surface area contributed by atoms with Crippen LogP contribution >= 0.6 is 0 Å². The van der Waals surface area contributed by atoms with E-state index in [4.69, 9.17) is 5.10 Å². The number of nitrogens with one attached hydrogen (secondary N) is 1. The summed E-state index contributed by atoms with van der Waals surface area (Å²) in [6.07, 6.45) is 4.74. The van der Waals surface area contributed by atoms with Gasteiger partial charge in [0.1, 0.15) is 0 Å². The number of fused-ring (bicyclic) bond motifs is 1. The first-order valence-corrected chi connectivity index (χ1v) is 10.3. The predicted molar refractivity (Wildman–Crippen MR) is 107 cm³/mol. The van der Waals surface area contributed by atoms with E-state index in [1.54, 1.807) is 0 Å². The highest BCUT2D eigenvalue weighted by Crippen LogP contribution is 2.29. The fourth-order valence-corrected chi connectivity index (χ4v) is 4.19. The third-order valence-electron chi connectivity index (χ3n) is 5.71. The molecule has 1 saturated heterocycles. The summed E-state index contributed by atoms with van der Waals surface area (Å²) in [6.45, 7) is 5.06. The minimum atomic E-state index is -0.0454. The van der Waals surface area contributed by atoms with Crippen molar-refractivity contribution in [2.45, 2.75) is 52.0 Å². The van der Waals surface area contributed by atoms with Crippen molar-refractivity contribution < 1.29 is 9.59 Å². The molecule has 1 unspecified atom stereocenters. The molecule has 0 saturated carbocycles. The largest absolute Gasteiger partial charge is 0.351 e. The van der Waals surface area contributed by atoms with Crippen LogP contribution in [0.3, 0.4) is 0 Å². The number of aromatic nitrogens is 2. The zero-order valence-corrected chi connectivity index (χ0v) is 16.6. The number of likely N-dealkylation sites (tertiary alicyclic amines) is 1. The number of benzene rings is 1. The highest BCUT2D eigenvalue weighted by Gasteiger charge is 2.32. The van der Waals surface area contributed by atoms with Crippen LogP contribution in [0.5, 0.6) is 0 Å². The van der Waals surface area contributed by atoms with E-state index in [1.807, 2.05) is 53.8 Å². The number of hydrogen-bond donors (Lipinski definition) is 1. The molecule has 2 heterocycles. The lowest BCUT2D eigenvalue weighted by Gasteiger charge is -2.33. The second-order valence-electron chi connectivity index (χ2n) is 8.13. The van der Waals surface area contributed by atoms with Crippen molar-refractivity contribution in [2.75, 3.05) is 13.1 Å². The minimum absolute atomic E-state index is 0.00340. The standard InChI is InChI=1S/C22H28N4O2/c1-15(2)21(27)23-16-8-7-13-25(14-16)22(28)20-18-11-6-12-19(18)26(24-20)17-9-4-3-5-10-17/h3-5,9-10,15-16H,6-8,11-14H2,1-2H3,(H,23,27). The zero-order chi connectivity index (χ0) is 19.7. The van der Waals surface area contributed by atoms with Gasteiger partial charge >= 0.3 is 0 Å². The van der Waals surface area contributed by atoms with Gasteiger partial charge in [0.2, 0.25) is 5.91 Å². The van der Waals surface area contributed by atoms with E-state index in [2.05, 4.69) is 5.32 Å². The highest BCUT2D eigenvalue weighted by atomic mass is 16.2. The normalized spacial score (nSPS) is 19.0. The maximum Gasteiger partial charge on any atom is 0.274 e. The third kappa shape index (κ3) is 3.55. The van der Waals surface area contributed by atoms with Gasteiger partial charge in [-0.25, -0.2) is 4.68 Å². The molecule has 1 aromatic heterocycles. The SMILES string of the molecule is CC(C)C(=O)NC1CCCN(C(=O)c2nn(-c3ccccc3)c3c2CCC3)C1. The topological polar surface area (TPSA) is 67.2 Å². The van der Waals surface area contributed by atoms with Gasteiger partial charge in [0, 0.05) is 36.3 Å². The lowest BCUT2D eigenvalue weighted by atomic mass is 10.0. The van der Waals surface area contributed by atoms with Gasteiger partial charge in [0.25, 0.3) is 5.91 Å². The van der Waals surface area contributed by atoms with Crippen molar-refractivity contribution in [1.82, 2.24) is 20.0 Å². The van der Waals surface area contributed by atoms with E-state index >= 15 is 0 Å². The smallest absolute Gasteiger partial charge is 0.274 e. The fourth-order valence-electron chi connectivity index (χ4n) is 4.19. The van der Waals surface area contributed by atoms with Crippen molar-refractivity contribution in [3.05, 3.63) is 47.3 Å². The Kier molecular flexibility index (Phi) is 5.20. The molecule has 4 rings (SSSR count). The number of piperidine rings is 1. The lowest BCUT2D eigenvalue weighted by molar-refractivity contribution is -0.125.